The van der Waals surface area contributed by atoms with E-state index in [0.717, 1.165) is 84.0 Å². The minimum atomic E-state index is -0.833. The van der Waals surface area contributed by atoms with Crippen LogP contribution in [-0.2, 0) is 12.0 Å². The lowest BCUT2D eigenvalue weighted by molar-refractivity contribution is 0.461. The van der Waals surface area contributed by atoms with E-state index in [0.29, 0.717) is 6.54 Å². The molecule has 9 rings (SSSR count). The highest BCUT2D eigenvalue weighted by molar-refractivity contribution is 7.18. The Bertz CT molecular complexity index is 2670. The Morgan fingerprint density at radius 3 is 1.98 bits per heavy atom. The number of aromatic nitrogens is 5. The summed E-state index contributed by atoms with van der Waals surface area (Å²) in [7, 11) is 0. The van der Waals surface area contributed by atoms with Gasteiger partial charge in [0.25, 0.3) is 0 Å². The molecule has 6 nitrogen and oxygen atoms in total. The van der Waals surface area contributed by atoms with Gasteiger partial charge in [0.2, 0.25) is 6.54 Å². The van der Waals surface area contributed by atoms with Crippen molar-refractivity contribution in [2.75, 3.05) is 6.54 Å². The van der Waals surface area contributed by atoms with Gasteiger partial charge in [-0.1, -0.05) is 97.1 Å². The number of pyridine rings is 1. The van der Waals surface area contributed by atoms with Crippen LogP contribution in [0.4, 0.5) is 4.39 Å². The molecule has 260 valence electrons. The zero-order valence-electron chi connectivity index (χ0n) is 29.2. The van der Waals surface area contributed by atoms with Crippen LogP contribution in [0.15, 0.2) is 164 Å². The number of halogens is 1. The Balaban J connectivity index is 1.24. The summed E-state index contributed by atoms with van der Waals surface area (Å²) in [6.07, 6.45) is 7.77. The van der Waals surface area contributed by atoms with E-state index in [2.05, 4.69) is 123 Å². The fourth-order valence-corrected chi connectivity index (χ4v) is 8.46. The summed E-state index contributed by atoms with van der Waals surface area (Å²) in [6, 6.07) is 48.4. The first-order valence-electron chi connectivity index (χ1n) is 17.8. The molecule has 0 atom stereocenters. The molecule has 0 fully saturated rings. The number of aryl methyl sites for hydroxylation is 1. The highest BCUT2D eigenvalue weighted by Crippen LogP contribution is 2.43. The summed E-state index contributed by atoms with van der Waals surface area (Å²) in [6.45, 7) is 7.61. The van der Waals surface area contributed by atoms with Crippen LogP contribution >= 0.6 is 11.3 Å². The molecule has 0 bridgehead atoms. The molecule has 0 aliphatic carbocycles. The van der Waals surface area contributed by atoms with Gasteiger partial charge in [-0.05, 0) is 65.2 Å². The Labute approximate surface area is 316 Å². The molecule has 0 amide bonds. The third-order valence-electron chi connectivity index (χ3n) is 9.96. The van der Waals surface area contributed by atoms with Crippen molar-refractivity contribution in [3.05, 3.63) is 203 Å². The van der Waals surface area contributed by atoms with Crippen molar-refractivity contribution in [1.82, 2.24) is 24.1 Å². The van der Waals surface area contributed by atoms with E-state index in [4.69, 9.17) is 21.6 Å². The van der Waals surface area contributed by atoms with Gasteiger partial charge in [-0.25, -0.2) is 20.9 Å². The van der Waals surface area contributed by atoms with Crippen LogP contribution in [0.1, 0.15) is 28.1 Å². The number of benzene rings is 5. The molecule has 9 aromatic rings. The maximum absolute atomic E-state index is 14.3. The molecular weight excluding hydrogens is 688 g/mol. The molecule has 0 radical (unpaired) electrons. The SMILES string of the molecule is [C-]#[N+]CCCc1nc2ccc(-c3cnc4ccc(-c5cn(C(c6ccccc6)(c6ccccc6)c6ccccc6)nc5-c5ccc(F)cc5)cn34)cc2s1. The molecule has 0 aliphatic rings. The number of rotatable bonds is 10. The third-order valence-corrected chi connectivity index (χ3v) is 11.0. The van der Waals surface area contributed by atoms with Gasteiger partial charge in [0.1, 0.15) is 22.7 Å². The van der Waals surface area contributed by atoms with E-state index in [-0.39, 0.29) is 5.82 Å². The topological polar surface area (TPSA) is 52.4 Å². The van der Waals surface area contributed by atoms with E-state index in [1.165, 1.54) is 12.1 Å². The maximum Gasteiger partial charge on any atom is 0.215 e. The zero-order valence-corrected chi connectivity index (χ0v) is 30.0. The summed E-state index contributed by atoms with van der Waals surface area (Å²) in [5, 5.41) is 6.50. The van der Waals surface area contributed by atoms with Gasteiger partial charge >= 0.3 is 0 Å². The average Bonchev–Trinajstić information content (AvgIpc) is 3.97. The van der Waals surface area contributed by atoms with Crippen molar-refractivity contribution in [1.29, 1.82) is 0 Å². The van der Waals surface area contributed by atoms with E-state index < -0.39 is 5.54 Å². The quantitative estimate of drug-likeness (QED) is 0.0803. The minimum absolute atomic E-state index is 0.301. The van der Waals surface area contributed by atoms with Crippen molar-refractivity contribution >= 4 is 27.2 Å². The van der Waals surface area contributed by atoms with Crippen LogP contribution in [-0.4, -0.2) is 30.7 Å². The number of nitrogens with zero attached hydrogens (tertiary/aromatic N) is 6. The Hall–Kier alpha value is -6.69. The monoisotopic (exact) mass is 720 g/mol. The summed E-state index contributed by atoms with van der Waals surface area (Å²) in [4.78, 5) is 13.1. The largest absolute Gasteiger partial charge is 0.317 e. The molecule has 5 aromatic carbocycles. The minimum Gasteiger partial charge on any atom is -0.317 e. The van der Waals surface area contributed by atoms with Crippen molar-refractivity contribution in [2.24, 2.45) is 0 Å². The molecule has 54 heavy (non-hydrogen) atoms. The summed E-state index contributed by atoms with van der Waals surface area (Å²) < 4.78 is 19.7. The molecule has 4 aromatic heterocycles. The molecule has 0 aliphatic heterocycles. The van der Waals surface area contributed by atoms with Gasteiger partial charge in [-0.15, -0.1) is 11.3 Å². The molecule has 4 heterocycles. The number of thiazole rings is 1. The first-order chi connectivity index (χ1) is 26.6. The van der Waals surface area contributed by atoms with Crippen LogP contribution in [0.3, 0.4) is 0 Å². The second-order valence-corrected chi connectivity index (χ2v) is 14.3. The van der Waals surface area contributed by atoms with Crippen molar-refractivity contribution in [3.63, 3.8) is 0 Å². The lowest BCUT2D eigenvalue weighted by Crippen LogP contribution is -2.38. The highest BCUT2D eigenvalue weighted by atomic mass is 32.1. The van der Waals surface area contributed by atoms with E-state index >= 15 is 0 Å². The predicted octanol–water partition coefficient (Wildman–Crippen LogP) is 11.0. The fraction of sp³-hybridized carbons (Fsp3) is 0.0870. The van der Waals surface area contributed by atoms with Gasteiger partial charge in [-0.3, -0.25) is 9.08 Å². The standard InChI is InChI=1S/C46H33FN6S/c1-48-27-11-18-44-50-40-25-21-33(28-42(40)54-44)41-29-49-43-26-22-34(30-52(41)43)39-31-53(51-45(39)32-19-23-38(47)24-20-32)46(35-12-5-2-6-13-35,36-14-7-3-8-15-36)37-16-9-4-10-17-37/h2-10,12-17,19-26,28-31H,11,18,27H2. The van der Waals surface area contributed by atoms with E-state index in [1.807, 2.05) is 30.5 Å². The zero-order chi connectivity index (χ0) is 36.5. The normalized spacial score (nSPS) is 11.6. The first kappa shape index (κ1) is 33.2. The van der Waals surface area contributed by atoms with Crippen LogP contribution in [0.5, 0.6) is 0 Å². The van der Waals surface area contributed by atoms with E-state index in [1.54, 1.807) is 23.5 Å². The van der Waals surface area contributed by atoms with Crippen molar-refractivity contribution in [3.8, 4) is 33.6 Å². The number of imidazole rings is 1. The Kier molecular flexibility index (Phi) is 8.62. The second kappa shape index (κ2) is 14.0. The van der Waals surface area contributed by atoms with Gasteiger partial charge < -0.3 is 4.85 Å². The van der Waals surface area contributed by atoms with Gasteiger partial charge in [-0.2, -0.15) is 5.10 Å². The van der Waals surface area contributed by atoms with Crippen molar-refractivity contribution in [2.45, 2.75) is 18.4 Å². The predicted molar refractivity (Wildman–Crippen MR) is 215 cm³/mol. The van der Waals surface area contributed by atoms with Crippen LogP contribution in [0.2, 0.25) is 0 Å². The van der Waals surface area contributed by atoms with Crippen LogP contribution in [0, 0.1) is 12.4 Å². The highest BCUT2D eigenvalue weighted by Gasteiger charge is 2.40. The lowest BCUT2D eigenvalue weighted by atomic mass is 9.77. The van der Waals surface area contributed by atoms with Crippen LogP contribution in [0.25, 0.3) is 54.4 Å². The van der Waals surface area contributed by atoms with Crippen molar-refractivity contribution < 1.29 is 4.39 Å². The smallest absolute Gasteiger partial charge is 0.215 e. The molecule has 8 heteroatoms. The molecular formula is C46H33FN6S. The van der Waals surface area contributed by atoms with E-state index in [9.17, 15) is 4.39 Å². The Morgan fingerprint density at radius 2 is 1.33 bits per heavy atom. The fourth-order valence-electron chi connectivity index (χ4n) is 7.41. The van der Waals surface area contributed by atoms with Crippen LogP contribution < -0.4 is 0 Å². The first-order valence-corrected chi connectivity index (χ1v) is 18.7. The lowest BCUT2D eigenvalue weighted by Gasteiger charge is -2.36. The summed E-state index contributed by atoms with van der Waals surface area (Å²) >= 11 is 1.68. The third kappa shape index (κ3) is 5.85. The Morgan fingerprint density at radius 1 is 0.704 bits per heavy atom. The number of hydrogen-bond donors (Lipinski definition) is 0. The van der Waals surface area contributed by atoms with Gasteiger partial charge in [0.05, 0.1) is 27.1 Å². The summed E-state index contributed by atoms with van der Waals surface area (Å²) in [5.41, 5.74) is 9.50. The molecule has 0 saturated heterocycles. The maximum atomic E-state index is 14.3. The molecule has 0 saturated carbocycles. The molecule has 0 N–H and O–H groups in total. The second-order valence-electron chi connectivity index (χ2n) is 13.2. The molecule has 0 spiro atoms. The summed E-state index contributed by atoms with van der Waals surface area (Å²) in [5.74, 6) is -0.301. The van der Waals surface area contributed by atoms with Gasteiger partial charge in [0.15, 0.2) is 0 Å². The average molecular weight is 721 g/mol. The number of hydrogen-bond acceptors (Lipinski definition) is 4. The number of fused-ring (bicyclic) bond motifs is 2. The molecule has 0 unspecified atom stereocenters. The van der Waals surface area contributed by atoms with Gasteiger partial charge in [0, 0.05) is 47.5 Å².